The second-order valence-corrected chi connectivity index (χ2v) is 2.40. The molecule has 0 aromatic heterocycles. The molecule has 1 aromatic carbocycles. The predicted molar refractivity (Wildman–Crippen MR) is 47.7 cm³/mol. The highest BCUT2D eigenvalue weighted by Gasteiger charge is 2.00. The van der Waals surface area contributed by atoms with Crippen LogP contribution >= 0.6 is 0 Å². The zero-order chi connectivity index (χ0) is 8.97. The summed E-state index contributed by atoms with van der Waals surface area (Å²) in [6, 6.07) is 5.41. The third-order valence-corrected chi connectivity index (χ3v) is 1.60. The molecule has 0 spiro atoms. The Labute approximate surface area is 72.2 Å². The third kappa shape index (κ3) is 1.92. The highest BCUT2D eigenvalue weighted by molar-refractivity contribution is 6.17. The number of rotatable bonds is 3. The fourth-order valence-corrected chi connectivity index (χ4v) is 0.980. The fourth-order valence-electron chi connectivity index (χ4n) is 0.980. The Morgan fingerprint density at radius 3 is 2.67 bits per heavy atom. The van der Waals surface area contributed by atoms with Crippen molar-refractivity contribution in [2.24, 2.45) is 0 Å². The number of methoxy groups -OCH3 is 1. The van der Waals surface area contributed by atoms with Gasteiger partial charge in [-0.05, 0) is 30.7 Å². The maximum atomic E-state index is 8.52. The van der Waals surface area contributed by atoms with Gasteiger partial charge in [-0.2, -0.15) is 0 Å². The lowest BCUT2D eigenvalue weighted by Crippen LogP contribution is -2.01. The van der Waals surface area contributed by atoms with Crippen molar-refractivity contribution < 1.29 is 14.4 Å². The molecule has 0 atom stereocenters. The standard InChI is InChI=1S/C8H11BO3/c1-6-5-7(11-2)3-4-8(6)12-9-10/h3-5,9-10H,1-2H3. The minimum Gasteiger partial charge on any atom is -0.539 e. The average Bonchev–Trinajstić information content (AvgIpc) is 2.09. The Morgan fingerprint density at radius 2 is 2.17 bits per heavy atom. The van der Waals surface area contributed by atoms with Gasteiger partial charge in [0.05, 0.1) is 7.11 Å². The molecule has 0 aliphatic carbocycles. The second-order valence-electron chi connectivity index (χ2n) is 2.40. The highest BCUT2D eigenvalue weighted by Crippen LogP contribution is 2.22. The van der Waals surface area contributed by atoms with Crippen molar-refractivity contribution in [3.63, 3.8) is 0 Å². The van der Waals surface area contributed by atoms with E-state index < -0.39 is 0 Å². The largest absolute Gasteiger partial charge is 0.539 e. The molecule has 1 aromatic rings. The lowest BCUT2D eigenvalue weighted by molar-refractivity contribution is 0.412. The molecule has 0 aliphatic rings. The van der Waals surface area contributed by atoms with E-state index >= 15 is 0 Å². The summed E-state index contributed by atoms with van der Waals surface area (Å²) in [5.41, 5.74) is 0.948. The fraction of sp³-hybridized carbons (Fsp3) is 0.250. The monoisotopic (exact) mass is 166 g/mol. The Morgan fingerprint density at radius 1 is 1.42 bits per heavy atom. The number of hydrogen-bond acceptors (Lipinski definition) is 3. The summed E-state index contributed by atoms with van der Waals surface area (Å²) in [6.45, 7) is 1.90. The van der Waals surface area contributed by atoms with Gasteiger partial charge in [-0.3, -0.25) is 0 Å². The van der Waals surface area contributed by atoms with Crippen LogP contribution in [0.15, 0.2) is 18.2 Å². The molecule has 0 saturated carbocycles. The normalized spacial score (nSPS) is 9.25. The molecule has 0 saturated heterocycles. The first-order chi connectivity index (χ1) is 5.77. The van der Waals surface area contributed by atoms with Crippen LogP contribution in [0.25, 0.3) is 0 Å². The van der Waals surface area contributed by atoms with Gasteiger partial charge in [-0.25, -0.2) is 0 Å². The Hall–Kier alpha value is -1.16. The van der Waals surface area contributed by atoms with E-state index in [1.54, 1.807) is 19.2 Å². The van der Waals surface area contributed by atoms with Crippen molar-refractivity contribution in [2.45, 2.75) is 6.92 Å². The van der Waals surface area contributed by atoms with Crippen LogP contribution in [-0.4, -0.2) is 19.8 Å². The molecular formula is C8H11BO3. The van der Waals surface area contributed by atoms with E-state index in [1.165, 1.54) is 0 Å². The molecule has 1 rings (SSSR count). The molecule has 0 aliphatic heterocycles. The zero-order valence-electron chi connectivity index (χ0n) is 7.20. The molecule has 4 heteroatoms. The van der Waals surface area contributed by atoms with Gasteiger partial charge in [0.2, 0.25) is 0 Å². The van der Waals surface area contributed by atoms with E-state index in [9.17, 15) is 0 Å². The molecule has 12 heavy (non-hydrogen) atoms. The first-order valence-electron chi connectivity index (χ1n) is 3.66. The van der Waals surface area contributed by atoms with Gasteiger partial charge in [-0.1, -0.05) is 0 Å². The topological polar surface area (TPSA) is 38.7 Å². The summed E-state index contributed by atoms with van der Waals surface area (Å²) in [7, 11) is 1.31. The van der Waals surface area contributed by atoms with Crippen LogP contribution in [0.4, 0.5) is 0 Å². The molecule has 0 bridgehead atoms. The van der Waals surface area contributed by atoms with Crippen LogP contribution in [0.2, 0.25) is 0 Å². The van der Waals surface area contributed by atoms with E-state index in [0.29, 0.717) is 5.75 Å². The molecule has 3 nitrogen and oxygen atoms in total. The van der Waals surface area contributed by atoms with Gasteiger partial charge < -0.3 is 14.4 Å². The van der Waals surface area contributed by atoms with Crippen molar-refractivity contribution in [3.05, 3.63) is 23.8 Å². The van der Waals surface area contributed by atoms with E-state index in [-0.39, 0.29) is 7.69 Å². The third-order valence-electron chi connectivity index (χ3n) is 1.60. The molecule has 0 heterocycles. The van der Waals surface area contributed by atoms with Crippen LogP contribution < -0.4 is 9.39 Å². The summed E-state index contributed by atoms with van der Waals surface area (Å²) >= 11 is 0. The van der Waals surface area contributed by atoms with Crippen LogP contribution in [0.3, 0.4) is 0 Å². The van der Waals surface area contributed by atoms with Crippen molar-refractivity contribution >= 4 is 7.69 Å². The van der Waals surface area contributed by atoms with Gasteiger partial charge >= 0.3 is 7.69 Å². The van der Waals surface area contributed by atoms with Crippen LogP contribution in [0.5, 0.6) is 11.5 Å². The number of hydrogen-bond donors (Lipinski definition) is 1. The van der Waals surface area contributed by atoms with Gasteiger partial charge in [-0.15, -0.1) is 0 Å². The predicted octanol–water partition coefficient (Wildman–Crippen LogP) is 0.641. The molecule has 0 unspecified atom stereocenters. The van der Waals surface area contributed by atoms with E-state index in [4.69, 9.17) is 14.4 Å². The minimum atomic E-state index is -0.298. The van der Waals surface area contributed by atoms with Crippen molar-refractivity contribution in [1.29, 1.82) is 0 Å². The summed E-state index contributed by atoms with van der Waals surface area (Å²) in [5.74, 6) is 1.47. The quantitative estimate of drug-likeness (QED) is 0.669. The maximum Gasteiger partial charge on any atom is 0.504 e. The lowest BCUT2D eigenvalue weighted by atomic mass is 10.2. The lowest BCUT2D eigenvalue weighted by Gasteiger charge is -2.07. The molecule has 0 amide bonds. The summed E-state index contributed by atoms with van der Waals surface area (Å²) in [4.78, 5) is 0. The number of ether oxygens (including phenoxy) is 1. The number of benzene rings is 1. The SMILES string of the molecule is COc1ccc(OBO)c(C)c1. The van der Waals surface area contributed by atoms with Crippen LogP contribution in [0.1, 0.15) is 5.56 Å². The average molecular weight is 166 g/mol. The molecule has 0 fully saturated rings. The Balaban J connectivity index is 2.87. The zero-order valence-corrected chi connectivity index (χ0v) is 7.20. The number of aryl methyl sites for hydroxylation is 1. The van der Waals surface area contributed by atoms with Crippen molar-refractivity contribution in [3.8, 4) is 11.5 Å². The molecule has 1 N–H and O–H groups in total. The van der Waals surface area contributed by atoms with E-state index in [0.717, 1.165) is 11.3 Å². The van der Waals surface area contributed by atoms with Crippen molar-refractivity contribution in [1.82, 2.24) is 0 Å². The van der Waals surface area contributed by atoms with Gasteiger partial charge in [0.25, 0.3) is 0 Å². The van der Waals surface area contributed by atoms with Gasteiger partial charge in [0, 0.05) is 0 Å². The second kappa shape index (κ2) is 4.02. The van der Waals surface area contributed by atoms with Crippen LogP contribution in [-0.2, 0) is 0 Å². The van der Waals surface area contributed by atoms with Gasteiger partial charge in [0.15, 0.2) is 0 Å². The van der Waals surface area contributed by atoms with Crippen molar-refractivity contribution in [2.75, 3.05) is 7.11 Å². The Kier molecular flexibility index (Phi) is 2.99. The smallest absolute Gasteiger partial charge is 0.504 e. The maximum absolute atomic E-state index is 8.52. The van der Waals surface area contributed by atoms with E-state index in [1.807, 2.05) is 13.0 Å². The summed E-state index contributed by atoms with van der Waals surface area (Å²) < 4.78 is 9.95. The highest BCUT2D eigenvalue weighted by atomic mass is 16.5. The summed E-state index contributed by atoms with van der Waals surface area (Å²) in [6.07, 6.45) is 0. The van der Waals surface area contributed by atoms with Crippen LogP contribution in [0, 0.1) is 6.92 Å². The molecule has 64 valence electrons. The Bertz CT molecular complexity index is 262. The minimum absolute atomic E-state index is 0.298. The van der Waals surface area contributed by atoms with E-state index in [2.05, 4.69) is 0 Å². The summed E-state index contributed by atoms with van der Waals surface area (Å²) in [5, 5.41) is 8.52. The first-order valence-corrected chi connectivity index (χ1v) is 3.66. The van der Waals surface area contributed by atoms with Gasteiger partial charge in [0.1, 0.15) is 11.5 Å². The molecule has 0 radical (unpaired) electrons. The first kappa shape index (κ1) is 8.94. The molecular weight excluding hydrogens is 155 g/mol.